The van der Waals surface area contributed by atoms with E-state index in [9.17, 15) is 4.79 Å². The van der Waals surface area contributed by atoms with E-state index in [0.29, 0.717) is 17.9 Å². The summed E-state index contributed by atoms with van der Waals surface area (Å²) < 4.78 is 5.72. The van der Waals surface area contributed by atoms with E-state index in [1.165, 1.54) is 10.8 Å². The Bertz CT molecular complexity index is 747. The number of carbonyl (C=O) groups is 1. The van der Waals surface area contributed by atoms with E-state index in [1.807, 2.05) is 24.3 Å². The molecule has 0 fully saturated rings. The van der Waals surface area contributed by atoms with Crippen molar-refractivity contribution in [2.24, 2.45) is 0 Å². The molecular weight excluding hydrogens is 248 g/mol. The first-order chi connectivity index (χ1) is 9.85. The molecular formula is C18H14O2. The molecule has 0 bridgehead atoms. The lowest BCUT2D eigenvalue weighted by molar-refractivity contribution is 0.112. The summed E-state index contributed by atoms with van der Waals surface area (Å²) in [6.07, 6.45) is 0.822. The molecule has 3 aromatic rings. The minimum absolute atomic E-state index is 0.493. The number of ether oxygens (including phenoxy) is 1. The van der Waals surface area contributed by atoms with Gasteiger partial charge in [0, 0.05) is 5.56 Å². The van der Waals surface area contributed by atoms with E-state index in [4.69, 9.17) is 4.74 Å². The minimum Gasteiger partial charge on any atom is -0.489 e. The Labute approximate surface area is 117 Å². The third kappa shape index (κ3) is 2.69. The summed E-state index contributed by atoms with van der Waals surface area (Å²) in [7, 11) is 0. The SMILES string of the molecule is O=Cc1cccc(OCc2ccc3ccccc3c2)c1. The lowest BCUT2D eigenvalue weighted by Gasteiger charge is -2.07. The average Bonchev–Trinajstić information content (AvgIpc) is 2.53. The summed E-state index contributed by atoms with van der Waals surface area (Å²) in [5, 5.41) is 2.43. The van der Waals surface area contributed by atoms with Crippen LogP contribution >= 0.6 is 0 Å². The van der Waals surface area contributed by atoms with Crippen molar-refractivity contribution in [2.45, 2.75) is 6.61 Å². The Morgan fingerprint density at radius 3 is 2.55 bits per heavy atom. The van der Waals surface area contributed by atoms with Gasteiger partial charge in [0.15, 0.2) is 0 Å². The number of aldehydes is 1. The Morgan fingerprint density at radius 1 is 0.850 bits per heavy atom. The molecule has 0 unspecified atom stereocenters. The van der Waals surface area contributed by atoms with Crippen LogP contribution < -0.4 is 4.74 Å². The third-order valence-corrected chi connectivity index (χ3v) is 3.21. The van der Waals surface area contributed by atoms with Crippen molar-refractivity contribution in [1.29, 1.82) is 0 Å². The molecule has 0 aliphatic rings. The number of hydrogen-bond donors (Lipinski definition) is 0. The van der Waals surface area contributed by atoms with Crippen molar-refractivity contribution in [1.82, 2.24) is 0 Å². The van der Waals surface area contributed by atoms with Crippen LogP contribution in [-0.4, -0.2) is 6.29 Å². The predicted molar refractivity (Wildman–Crippen MR) is 80.1 cm³/mol. The summed E-state index contributed by atoms with van der Waals surface area (Å²) in [5.41, 5.74) is 1.74. The summed E-state index contributed by atoms with van der Waals surface area (Å²) in [4.78, 5) is 10.7. The number of rotatable bonds is 4. The number of carbonyl (C=O) groups excluding carboxylic acids is 1. The zero-order valence-corrected chi connectivity index (χ0v) is 11.0. The molecule has 0 radical (unpaired) electrons. The van der Waals surface area contributed by atoms with Crippen LogP contribution in [-0.2, 0) is 6.61 Å². The van der Waals surface area contributed by atoms with E-state index in [2.05, 4.69) is 30.3 Å². The second-order valence-electron chi connectivity index (χ2n) is 4.66. The van der Waals surface area contributed by atoms with Crippen molar-refractivity contribution in [3.63, 3.8) is 0 Å². The molecule has 3 aromatic carbocycles. The van der Waals surface area contributed by atoms with Crippen LogP contribution in [0.25, 0.3) is 10.8 Å². The van der Waals surface area contributed by atoms with Gasteiger partial charge < -0.3 is 4.74 Å². The van der Waals surface area contributed by atoms with Gasteiger partial charge in [0.05, 0.1) is 0 Å². The number of hydrogen-bond acceptors (Lipinski definition) is 2. The fraction of sp³-hybridized carbons (Fsp3) is 0.0556. The molecule has 0 amide bonds. The zero-order valence-electron chi connectivity index (χ0n) is 11.0. The monoisotopic (exact) mass is 262 g/mol. The highest BCUT2D eigenvalue weighted by Gasteiger charge is 1.99. The molecule has 0 spiro atoms. The fourth-order valence-electron chi connectivity index (χ4n) is 2.17. The lowest BCUT2D eigenvalue weighted by atomic mass is 10.1. The zero-order chi connectivity index (χ0) is 13.8. The normalized spacial score (nSPS) is 10.4. The van der Waals surface area contributed by atoms with Gasteiger partial charge in [-0.1, -0.05) is 48.5 Å². The molecule has 0 heterocycles. The van der Waals surface area contributed by atoms with Crippen LogP contribution in [0.1, 0.15) is 15.9 Å². The Balaban J connectivity index is 1.77. The van der Waals surface area contributed by atoms with Crippen molar-refractivity contribution in [3.8, 4) is 5.75 Å². The average molecular weight is 262 g/mol. The molecule has 0 atom stereocenters. The van der Waals surface area contributed by atoms with Crippen LogP contribution in [0.2, 0.25) is 0 Å². The molecule has 20 heavy (non-hydrogen) atoms. The summed E-state index contributed by atoms with van der Waals surface area (Å²) >= 11 is 0. The van der Waals surface area contributed by atoms with Crippen molar-refractivity contribution in [2.75, 3.05) is 0 Å². The van der Waals surface area contributed by atoms with Gasteiger partial charge >= 0.3 is 0 Å². The highest BCUT2D eigenvalue weighted by molar-refractivity contribution is 5.83. The summed E-state index contributed by atoms with van der Waals surface area (Å²) in [5.74, 6) is 0.711. The van der Waals surface area contributed by atoms with Gasteiger partial charge in [-0.3, -0.25) is 4.79 Å². The molecule has 3 rings (SSSR count). The highest BCUT2D eigenvalue weighted by atomic mass is 16.5. The largest absolute Gasteiger partial charge is 0.489 e. The summed E-state index contributed by atoms with van der Waals surface area (Å²) in [6.45, 7) is 0.493. The van der Waals surface area contributed by atoms with Crippen molar-refractivity contribution >= 4 is 17.1 Å². The Hall–Kier alpha value is -2.61. The molecule has 2 heteroatoms. The maximum atomic E-state index is 10.7. The lowest BCUT2D eigenvalue weighted by Crippen LogP contribution is -1.95. The van der Waals surface area contributed by atoms with Crippen LogP contribution in [0.4, 0.5) is 0 Å². The smallest absolute Gasteiger partial charge is 0.150 e. The van der Waals surface area contributed by atoms with Gasteiger partial charge in [-0.15, -0.1) is 0 Å². The molecule has 0 saturated heterocycles. The number of fused-ring (bicyclic) bond motifs is 1. The van der Waals surface area contributed by atoms with Gasteiger partial charge in [-0.25, -0.2) is 0 Å². The first-order valence-electron chi connectivity index (χ1n) is 6.51. The molecule has 0 aliphatic carbocycles. The quantitative estimate of drug-likeness (QED) is 0.658. The van der Waals surface area contributed by atoms with E-state index >= 15 is 0 Å². The first-order valence-corrected chi connectivity index (χ1v) is 6.51. The van der Waals surface area contributed by atoms with Gasteiger partial charge in [0.1, 0.15) is 18.6 Å². The first kappa shape index (κ1) is 12.4. The maximum Gasteiger partial charge on any atom is 0.150 e. The van der Waals surface area contributed by atoms with Crippen molar-refractivity contribution in [3.05, 3.63) is 77.9 Å². The van der Waals surface area contributed by atoms with Crippen LogP contribution in [0.15, 0.2) is 66.7 Å². The van der Waals surface area contributed by atoms with E-state index in [0.717, 1.165) is 11.8 Å². The van der Waals surface area contributed by atoms with Gasteiger partial charge in [0.2, 0.25) is 0 Å². The molecule has 0 aromatic heterocycles. The molecule has 2 nitrogen and oxygen atoms in total. The highest BCUT2D eigenvalue weighted by Crippen LogP contribution is 2.18. The molecule has 0 saturated carbocycles. The summed E-state index contributed by atoms with van der Waals surface area (Å²) in [6, 6.07) is 21.7. The second kappa shape index (κ2) is 5.57. The fourth-order valence-corrected chi connectivity index (χ4v) is 2.17. The molecule has 0 N–H and O–H groups in total. The van der Waals surface area contributed by atoms with Crippen LogP contribution in [0.5, 0.6) is 5.75 Å². The van der Waals surface area contributed by atoms with Gasteiger partial charge in [0.25, 0.3) is 0 Å². The van der Waals surface area contributed by atoms with Gasteiger partial charge in [-0.2, -0.15) is 0 Å². The molecule has 0 aliphatic heterocycles. The minimum atomic E-state index is 0.493. The van der Waals surface area contributed by atoms with E-state index in [-0.39, 0.29) is 0 Å². The maximum absolute atomic E-state index is 10.7. The standard InChI is InChI=1S/C18H14O2/c19-12-14-4-3-7-18(11-14)20-13-15-8-9-16-5-1-2-6-17(16)10-15/h1-12H,13H2. The van der Waals surface area contributed by atoms with E-state index < -0.39 is 0 Å². The topological polar surface area (TPSA) is 26.3 Å². The predicted octanol–water partition coefficient (Wildman–Crippen LogP) is 4.23. The molecule has 98 valence electrons. The van der Waals surface area contributed by atoms with Crippen LogP contribution in [0, 0.1) is 0 Å². The number of benzene rings is 3. The van der Waals surface area contributed by atoms with Gasteiger partial charge in [-0.05, 0) is 34.5 Å². The van der Waals surface area contributed by atoms with Crippen LogP contribution in [0.3, 0.4) is 0 Å². The third-order valence-electron chi connectivity index (χ3n) is 3.21. The Kier molecular flexibility index (Phi) is 3.46. The second-order valence-corrected chi connectivity index (χ2v) is 4.66. The Morgan fingerprint density at radius 2 is 1.70 bits per heavy atom. The van der Waals surface area contributed by atoms with E-state index in [1.54, 1.807) is 12.1 Å². The van der Waals surface area contributed by atoms with Crippen molar-refractivity contribution < 1.29 is 9.53 Å².